The molecule has 0 spiro atoms. The molecule has 1 saturated heterocycles. The number of carbonyl (C=O) groups is 1. The minimum absolute atomic E-state index is 0.0570. The predicted molar refractivity (Wildman–Crippen MR) is 131 cm³/mol. The van der Waals surface area contributed by atoms with Gasteiger partial charge in [0.25, 0.3) is 0 Å². The fraction of sp³-hybridized carbons (Fsp3) is 0.500. The summed E-state index contributed by atoms with van der Waals surface area (Å²) in [6, 6.07) is 14.7. The predicted octanol–water partition coefficient (Wildman–Crippen LogP) is 4.60. The molecule has 4 rings (SSSR count). The Kier molecular flexibility index (Phi) is 7.94. The first kappa shape index (κ1) is 23.2. The SMILES string of the molecule is CC(C)Cc1cc(CN2CCC(n3nccc3NC(=O)CCCc3ccccc3)CC2)[nH]n1. The number of H-pyrrole nitrogens is 1. The van der Waals surface area contributed by atoms with E-state index in [0.717, 1.165) is 63.3 Å². The van der Waals surface area contributed by atoms with Gasteiger partial charge in [-0.2, -0.15) is 10.2 Å². The molecule has 1 aliphatic heterocycles. The molecule has 7 nitrogen and oxygen atoms in total. The first-order chi connectivity index (χ1) is 16.1. The zero-order chi connectivity index (χ0) is 23.0. The number of hydrogen-bond donors (Lipinski definition) is 2. The fourth-order valence-corrected chi connectivity index (χ4v) is 4.58. The molecule has 2 aromatic heterocycles. The van der Waals surface area contributed by atoms with Crippen LogP contribution in [0.25, 0.3) is 0 Å². The molecule has 3 heterocycles. The highest BCUT2D eigenvalue weighted by Gasteiger charge is 2.23. The maximum atomic E-state index is 12.5. The Balaban J connectivity index is 1.23. The van der Waals surface area contributed by atoms with E-state index in [9.17, 15) is 4.79 Å². The van der Waals surface area contributed by atoms with Crippen LogP contribution in [0.2, 0.25) is 0 Å². The Bertz CT molecular complexity index is 1000. The van der Waals surface area contributed by atoms with Gasteiger partial charge >= 0.3 is 0 Å². The topological polar surface area (TPSA) is 78.8 Å². The number of nitrogens with one attached hydrogen (secondary N) is 2. The lowest BCUT2D eigenvalue weighted by Crippen LogP contribution is -2.35. The molecule has 33 heavy (non-hydrogen) atoms. The van der Waals surface area contributed by atoms with Crippen molar-refractivity contribution in [3.63, 3.8) is 0 Å². The normalized spacial score (nSPS) is 15.2. The first-order valence-electron chi connectivity index (χ1n) is 12.2. The van der Waals surface area contributed by atoms with Crippen molar-refractivity contribution in [2.75, 3.05) is 18.4 Å². The molecule has 0 saturated carbocycles. The van der Waals surface area contributed by atoms with E-state index >= 15 is 0 Å². The van der Waals surface area contributed by atoms with E-state index in [1.807, 2.05) is 28.9 Å². The smallest absolute Gasteiger partial charge is 0.225 e. The van der Waals surface area contributed by atoms with Crippen molar-refractivity contribution in [2.45, 2.75) is 65.0 Å². The van der Waals surface area contributed by atoms with Crippen molar-refractivity contribution in [1.82, 2.24) is 24.9 Å². The zero-order valence-corrected chi connectivity index (χ0v) is 19.8. The van der Waals surface area contributed by atoms with Crippen LogP contribution in [-0.2, 0) is 24.2 Å². The summed E-state index contributed by atoms with van der Waals surface area (Å²) >= 11 is 0. The fourth-order valence-electron chi connectivity index (χ4n) is 4.58. The van der Waals surface area contributed by atoms with Gasteiger partial charge in [0.1, 0.15) is 5.82 Å². The highest BCUT2D eigenvalue weighted by molar-refractivity contribution is 5.89. The molecule has 0 atom stereocenters. The lowest BCUT2D eigenvalue weighted by atomic mass is 10.0. The molecule has 1 amide bonds. The van der Waals surface area contributed by atoms with Gasteiger partial charge in [0.15, 0.2) is 0 Å². The summed E-state index contributed by atoms with van der Waals surface area (Å²) in [5.74, 6) is 1.48. The molecule has 1 fully saturated rings. The lowest BCUT2D eigenvalue weighted by molar-refractivity contribution is -0.116. The molecule has 1 aromatic carbocycles. The van der Waals surface area contributed by atoms with E-state index in [-0.39, 0.29) is 5.91 Å². The maximum absolute atomic E-state index is 12.5. The monoisotopic (exact) mass is 448 g/mol. The molecule has 7 heteroatoms. The Morgan fingerprint density at radius 1 is 1.18 bits per heavy atom. The van der Waals surface area contributed by atoms with Crippen LogP contribution in [-0.4, -0.2) is 43.9 Å². The van der Waals surface area contributed by atoms with Gasteiger partial charge in [-0.25, -0.2) is 4.68 Å². The number of nitrogens with zero attached hydrogens (tertiary/aromatic N) is 4. The van der Waals surface area contributed by atoms with E-state index in [4.69, 9.17) is 0 Å². The number of aromatic nitrogens is 4. The van der Waals surface area contributed by atoms with Gasteiger partial charge in [0.05, 0.1) is 17.9 Å². The molecule has 0 radical (unpaired) electrons. The number of aryl methyl sites for hydroxylation is 1. The minimum atomic E-state index is 0.0570. The van der Waals surface area contributed by atoms with Crippen LogP contribution in [0.3, 0.4) is 0 Å². The number of piperidine rings is 1. The molecule has 0 unspecified atom stereocenters. The maximum Gasteiger partial charge on any atom is 0.225 e. The summed E-state index contributed by atoms with van der Waals surface area (Å²) in [7, 11) is 0. The largest absolute Gasteiger partial charge is 0.311 e. The van der Waals surface area contributed by atoms with Crippen LogP contribution in [0, 0.1) is 5.92 Å². The van der Waals surface area contributed by atoms with Crippen molar-refractivity contribution < 1.29 is 4.79 Å². The number of hydrogen-bond acceptors (Lipinski definition) is 4. The number of benzene rings is 1. The van der Waals surface area contributed by atoms with Crippen LogP contribution >= 0.6 is 0 Å². The third-order valence-electron chi connectivity index (χ3n) is 6.25. The van der Waals surface area contributed by atoms with Crippen LogP contribution < -0.4 is 5.32 Å². The third-order valence-corrected chi connectivity index (χ3v) is 6.25. The van der Waals surface area contributed by atoms with Crippen molar-refractivity contribution in [3.05, 3.63) is 65.6 Å². The van der Waals surface area contributed by atoms with Gasteiger partial charge in [0, 0.05) is 37.8 Å². The quantitative estimate of drug-likeness (QED) is 0.475. The summed E-state index contributed by atoms with van der Waals surface area (Å²) in [6.45, 7) is 7.36. The lowest BCUT2D eigenvalue weighted by Gasteiger charge is -2.32. The molecular weight excluding hydrogens is 412 g/mol. The van der Waals surface area contributed by atoms with E-state index in [1.165, 1.54) is 11.3 Å². The second-order valence-corrected chi connectivity index (χ2v) is 9.54. The van der Waals surface area contributed by atoms with Gasteiger partial charge in [0.2, 0.25) is 5.91 Å². The average molecular weight is 449 g/mol. The van der Waals surface area contributed by atoms with Gasteiger partial charge in [-0.05, 0) is 49.7 Å². The molecule has 176 valence electrons. The molecular formula is C26H36N6O. The number of aromatic amines is 1. The van der Waals surface area contributed by atoms with Gasteiger partial charge in [-0.1, -0.05) is 44.2 Å². The van der Waals surface area contributed by atoms with Gasteiger partial charge < -0.3 is 5.32 Å². The number of anilines is 1. The van der Waals surface area contributed by atoms with E-state index in [0.29, 0.717) is 18.4 Å². The molecule has 0 aliphatic carbocycles. The summed E-state index contributed by atoms with van der Waals surface area (Å²) in [5.41, 5.74) is 3.61. The number of likely N-dealkylation sites (tertiary alicyclic amines) is 1. The highest BCUT2D eigenvalue weighted by atomic mass is 16.1. The van der Waals surface area contributed by atoms with Crippen LogP contribution in [0.15, 0.2) is 48.7 Å². The Morgan fingerprint density at radius 3 is 2.73 bits per heavy atom. The highest BCUT2D eigenvalue weighted by Crippen LogP contribution is 2.26. The zero-order valence-electron chi connectivity index (χ0n) is 19.8. The van der Waals surface area contributed by atoms with E-state index < -0.39 is 0 Å². The van der Waals surface area contributed by atoms with Crippen molar-refractivity contribution in [1.29, 1.82) is 0 Å². The first-order valence-corrected chi connectivity index (χ1v) is 12.2. The second-order valence-electron chi connectivity index (χ2n) is 9.54. The molecule has 1 aliphatic rings. The van der Waals surface area contributed by atoms with Gasteiger partial charge in [-0.3, -0.25) is 14.8 Å². The van der Waals surface area contributed by atoms with E-state index in [2.05, 4.69) is 57.6 Å². The Labute approximate surface area is 196 Å². The summed E-state index contributed by atoms with van der Waals surface area (Å²) in [6.07, 6.45) is 7.11. The molecule has 3 aromatic rings. The standard InChI is InChI=1S/C26H36N6O/c1-20(2)17-22-18-23(30-29-22)19-31-15-12-24(13-16-31)32-25(11-14-27-32)28-26(33)10-6-9-21-7-4-3-5-8-21/h3-5,7-8,11,14,18,20,24H,6,9-10,12-13,15-17,19H2,1-2H3,(H,28,33)(H,29,30). The van der Waals surface area contributed by atoms with Crippen LogP contribution in [0.5, 0.6) is 0 Å². The van der Waals surface area contributed by atoms with Crippen LogP contribution in [0.4, 0.5) is 5.82 Å². The number of carbonyl (C=O) groups excluding carboxylic acids is 1. The Hall–Kier alpha value is -2.93. The minimum Gasteiger partial charge on any atom is -0.311 e. The number of amides is 1. The summed E-state index contributed by atoms with van der Waals surface area (Å²) in [5, 5.41) is 15.3. The van der Waals surface area contributed by atoms with Gasteiger partial charge in [-0.15, -0.1) is 0 Å². The Morgan fingerprint density at radius 2 is 1.97 bits per heavy atom. The second kappa shape index (κ2) is 11.3. The average Bonchev–Trinajstić information content (AvgIpc) is 3.44. The summed E-state index contributed by atoms with van der Waals surface area (Å²) in [4.78, 5) is 15.0. The van der Waals surface area contributed by atoms with Crippen molar-refractivity contribution in [3.8, 4) is 0 Å². The molecule has 0 bridgehead atoms. The third kappa shape index (κ3) is 6.78. The number of rotatable bonds is 10. The van der Waals surface area contributed by atoms with Crippen LogP contribution in [0.1, 0.15) is 62.5 Å². The van der Waals surface area contributed by atoms with Crippen molar-refractivity contribution in [2.24, 2.45) is 5.92 Å². The van der Waals surface area contributed by atoms with Crippen molar-refractivity contribution >= 4 is 11.7 Å². The van der Waals surface area contributed by atoms with E-state index in [1.54, 1.807) is 6.20 Å². The molecule has 2 N–H and O–H groups in total. The summed E-state index contributed by atoms with van der Waals surface area (Å²) < 4.78 is 2.00.